The van der Waals surface area contributed by atoms with E-state index in [0.29, 0.717) is 35.2 Å². The summed E-state index contributed by atoms with van der Waals surface area (Å²) in [6.07, 6.45) is 0. The van der Waals surface area contributed by atoms with Gasteiger partial charge in [-0.1, -0.05) is 30.4 Å². The van der Waals surface area contributed by atoms with E-state index in [0.717, 1.165) is 5.01 Å². The van der Waals surface area contributed by atoms with Crippen molar-refractivity contribution in [3.8, 4) is 5.75 Å². The number of nitrogens with one attached hydrogen (secondary N) is 1. The Hall–Kier alpha value is -2.78. The molecule has 2 aromatic heterocycles. The van der Waals surface area contributed by atoms with E-state index in [1.807, 2.05) is 24.0 Å². The molecule has 0 bridgehead atoms. The maximum atomic E-state index is 12.4. The fourth-order valence-electron chi connectivity index (χ4n) is 2.64. The first kappa shape index (κ1) is 19.0. The molecule has 1 amide bonds. The van der Waals surface area contributed by atoms with Crippen molar-refractivity contribution in [2.24, 2.45) is 0 Å². The topological polar surface area (TPSA) is 88.8 Å². The Morgan fingerprint density at radius 3 is 2.89 bits per heavy atom. The van der Waals surface area contributed by atoms with Crippen LogP contribution in [0.3, 0.4) is 0 Å². The van der Waals surface area contributed by atoms with Crippen LogP contribution in [0.25, 0.3) is 4.96 Å². The van der Waals surface area contributed by atoms with Crippen LogP contribution >= 0.6 is 11.3 Å². The van der Waals surface area contributed by atoms with Crippen LogP contribution in [0.1, 0.15) is 17.6 Å². The molecule has 27 heavy (non-hydrogen) atoms. The number of rotatable bonds is 7. The number of likely N-dealkylation sites (N-methyl/N-ethyl adjacent to an activating group) is 1. The average molecular weight is 387 g/mol. The van der Waals surface area contributed by atoms with Gasteiger partial charge in [-0.25, -0.2) is 4.98 Å². The van der Waals surface area contributed by atoms with Crippen molar-refractivity contribution in [3.63, 3.8) is 0 Å². The fourth-order valence-corrected chi connectivity index (χ4v) is 3.62. The van der Waals surface area contributed by atoms with Gasteiger partial charge in [-0.2, -0.15) is 9.61 Å². The number of nitrogens with zero attached hydrogens (tertiary/aromatic N) is 4. The summed E-state index contributed by atoms with van der Waals surface area (Å²) in [5.74, 6) is 0.467. The SMILES string of the molecule is CCN(CC(=O)Nc1ccccc1OC)Cc1nn2c(=O)cc(C)nc2s1. The third kappa shape index (κ3) is 4.50. The Balaban J connectivity index is 1.69. The number of hydrogen-bond donors (Lipinski definition) is 1. The Labute approximate surface area is 160 Å². The van der Waals surface area contributed by atoms with Crippen LogP contribution in [0.2, 0.25) is 0 Å². The van der Waals surface area contributed by atoms with Gasteiger partial charge in [0.15, 0.2) is 0 Å². The highest BCUT2D eigenvalue weighted by Crippen LogP contribution is 2.23. The van der Waals surface area contributed by atoms with Crippen molar-refractivity contribution in [2.75, 3.05) is 25.5 Å². The number of methoxy groups -OCH3 is 1. The summed E-state index contributed by atoms with van der Waals surface area (Å²) < 4.78 is 6.55. The molecule has 0 radical (unpaired) electrons. The van der Waals surface area contributed by atoms with E-state index < -0.39 is 0 Å². The van der Waals surface area contributed by atoms with Crippen LogP contribution in [0, 0.1) is 6.92 Å². The zero-order chi connectivity index (χ0) is 19.4. The van der Waals surface area contributed by atoms with E-state index >= 15 is 0 Å². The normalized spacial score (nSPS) is 11.1. The second-order valence-corrected chi connectivity index (χ2v) is 7.02. The highest BCUT2D eigenvalue weighted by Gasteiger charge is 2.15. The molecule has 0 saturated heterocycles. The van der Waals surface area contributed by atoms with Gasteiger partial charge in [-0.3, -0.25) is 14.5 Å². The smallest absolute Gasteiger partial charge is 0.275 e. The van der Waals surface area contributed by atoms with Gasteiger partial charge >= 0.3 is 0 Å². The molecule has 0 atom stereocenters. The number of anilines is 1. The molecule has 9 heteroatoms. The summed E-state index contributed by atoms with van der Waals surface area (Å²) in [4.78, 5) is 31.2. The first-order valence-corrected chi connectivity index (χ1v) is 9.33. The van der Waals surface area contributed by atoms with Crippen LogP contribution in [0.15, 0.2) is 35.1 Å². The summed E-state index contributed by atoms with van der Waals surface area (Å²) in [6, 6.07) is 8.72. The summed E-state index contributed by atoms with van der Waals surface area (Å²) in [5, 5.41) is 7.93. The van der Waals surface area contributed by atoms with Crippen molar-refractivity contribution in [1.82, 2.24) is 19.5 Å². The van der Waals surface area contributed by atoms with Crippen LogP contribution in [-0.2, 0) is 11.3 Å². The number of amides is 1. The summed E-state index contributed by atoms with van der Waals surface area (Å²) in [7, 11) is 1.56. The summed E-state index contributed by atoms with van der Waals surface area (Å²) in [5.41, 5.74) is 1.10. The van der Waals surface area contributed by atoms with E-state index in [9.17, 15) is 9.59 Å². The number of benzene rings is 1. The zero-order valence-corrected chi connectivity index (χ0v) is 16.2. The number of para-hydroxylation sites is 2. The monoisotopic (exact) mass is 387 g/mol. The van der Waals surface area contributed by atoms with Crippen molar-refractivity contribution >= 4 is 27.9 Å². The third-order valence-electron chi connectivity index (χ3n) is 3.97. The predicted molar refractivity (Wildman–Crippen MR) is 104 cm³/mol. The van der Waals surface area contributed by atoms with E-state index in [2.05, 4.69) is 15.4 Å². The number of carbonyl (C=O) groups is 1. The van der Waals surface area contributed by atoms with Gasteiger partial charge in [0.25, 0.3) is 5.56 Å². The molecule has 3 aromatic rings. The summed E-state index contributed by atoms with van der Waals surface area (Å²) in [6.45, 7) is 5.07. The molecule has 2 heterocycles. The number of aromatic nitrogens is 3. The first-order chi connectivity index (χ1) is 13.0. The van der Waals surface area contributed by atoms with Gasteiger partial charge in [0, 0.05) is 11.8 Å². The molecule has 0 unspecified atom stereocenters. The molecule has 0 fully saturated rings. The lowest BCUT2D eigenvalue weighted by atomic mass is 10.3. The molecular weight excluding hydrogens is 366 g/mol. The maximum Gasteiger partial charge on any atom is 0.275 e. The molecule has 1 aromatic carbocycles. The van der Waals surface area contributed by atoms with Crippen molar-refractivity contribution in [2.45, 2.75) is 20.4 Å². The second-order valence-electron chi connectivity index (χ2n) is 5.98. The molecule has 0 spiro atoms. The molecule has 1 N–H and O–H groups in total. The van der Waals surface area contributed by atoms with Gasteiger partial charge in [0.1, 0.15) is 10.8 Å². The molecule has 142 valence electrons. The lowest BCUT2D eigenvalue weighted by Crippen LogP contribution is -2.33. The number of carbonyl (C=O) groups excluding carboxylic acids is 1. The maximum absolute atomic E-state index is 12.4. The van der Waals surface area contributed by atoms with Gasteiger partial charge in [0.2, 0.25) is 10.9 Å². The highest BCUT2D eigenvalue weighted by molar-refractivity contribution is 7.16. The standard InChI is InChI=1S/C18H21N5O3S/c1-4-22(10-15(24)20-13-7-5-6-8-14(13)26-3)11-16-21-23-17(25)9-12(2)19-18(23)27-16/h5-9H,4,10-11H2,1-3H3,(H,20,24). The Kier molecular flexibility index (Phi) is 5.82. The van der Waals surface area contributed by atoms with E-state index in [1.165, 1.54) is 21.9 Å². The van der Waals surface area contributed by atoms with E-state index in [4.69, 9.17) is 4.74 Å². The van der Waals surface area contributed by atoms with Crippen molar-refractivity contribution < 1.29 is 9.53 Å². The molecule has 0 aliphatic heterocycles. The zero-order valence-electron chi connectivity index (χ0n) is 15.4. The summed E-state index contributed by atoms with van der Waals surface area (Å²) >= 11 is 1.35. The van der Waals surface area contributed by atoms with Crippen LogP contribution in [0.5, 0.6) is 5.75 Å². The van der Waals surface area contributed by atoms with Crippen molar-refractivity contribution in [3.05, 3.63) is 51.4 Å². The lowest BCUT2D eigenvalue weighted by molar-refractivity contribution is -0.117. The Morgan fingerprint density at radius 1 is 1.37 bits per heavy atom. The molecular formula is C18H21N5O3S. The number of aryl methyl sites for hydroxylation is 1. The van der Waals surface area contributed by atoms with Crippen molar-refractivity contribution in [1.29, 1.82) is 0 Å². The minimum Gasteiger partial charge on any atom is -0.495 e. The van der Waals surface area contributed by atoms with E-state index in [-0.39, 0.29) is 18.0 Å². The molecule has 8 nitrogen and oxygen atoms in total. The molecule has 0 aliphatic rings. The fraction of sp³-hybridized carbons (Fsp3) is 0.333. The second kappa shape index (κ2) is 8.28. The number of ether oxygens (including phenoxy) is 1. The van der Waals surface area contributed by atoms with E-state index in [1.54, 1.807) is 26.2 Å². The van der Waals surface area contributed by atoms with Gasteiger partial charge < -0.3 is 10.1 Å². The van der Waals surface area contributed by atoms with Crippen LogP contribution < -0.4 is 15.6 Å². The first-order valence-electron chi connectivity index (χ1n) is 8.51. The van der Waals surface area contributed by atoms with Gasteiger partial charge in [-0.15, -0.1) is 0 Å². The molecule has 0 saturated carbocycles. The quantitative estimate of drug-likeness (QED) is 0.666. The van der Waals surface area contributed by atoms with Crippen LogP contribution in [-0.4, -0.2) is 45.6 Å². The largest absolute Gasteiger partial charge is 0.495 e. The minimum absolute atomic E-state index is 0.145. The highest BCUT2D eigenvalue weighted by atomic mass is 32.1. The van der Waals surface area contributed by atoms with Gasteiger partial charge in [-0.05, 0) is 25.6 Å². The number of fused-ring (bicyclic) bond motifs is 1. The Morgan fingerprint density at radius 2 is 2.15 bits per heavy atom. The van der Waals surface area contributed by atoms with Gasteiger partial charge in [0.05, 0.1) is 25.9 Å². The average Bonchev–Trinajstić information content (AvgIpc) is 3.04. The molecule has 3 rings (SSSR count). The number of hydrogen-bond acceptors (Lipinski definition) is 7. The molecule has 0 aliphatic carbocycles. The Bertz CT molecular complexity index is 1010. The lowest BCUT2D eigenvalue weighted by Gasteiger charge is -2.18. The third-order valence-corrected chi connectivity index (χ3v) is 4.86. The predicted octanol–water partition coefficient (Wildman–Crippen LogP) is 1.93. The van der Waals surface area contributed by atoms with Crippen LogP contribution in [0.4, 0.5) is 5.69 Å². The minimum atomic E-state index is -0.197.